The normalized spacial score (nSPS) is 19.2. The Morgan fingerprint density at radius 2 is 1.92 bits per heavy atom. The van der Waals surface area contributed by atoms with Crippen LogP contribution < -0.4 is 10.2 Å². The summed E-state index contributed by atoms with van der Waals surface area (Å²) < 4.78 is 5.58. The number of thiophene rings is 1. The Kier molecular flexibility index (Phi) is 7.05. The molecule has 2 saturated heterocycles. The fourth-order valence-corrected chi connectivity index (χ4v) is 7.11. The zero-order valence-corrected chi connectivity index (χ0v) is 22.3. The van der Waals surface area contributed by atoms with E-state index in [-0.39, 0.29) is 17.7 Å². The van der Waals surface area contributed by atoms with Gasteiger partial charge < -0.3 is 25.0 Å². The Hall–Kier alpha value is -3.76. The van der Waals surface area contributed by atoms with Crippen molar-refractivity contribution < 1.29 is 24.2 Å². The number of aromatic nitrogens is 1. The summed E-state index contributed by atoms with van der Waals surface area (Å²) in [5, 5.41) is 12.6. The van der Waals surface area contributed by atoms with Gasteiger partial charge in [-0.3, -0.25) is 14.6 Å². The van der Waals surface area contributed by atoms with Crippen molar-refractivity contribution in [3.8, 4) is 22.4 Å². The number of anilines is 1. The second-order valence-corrected chi connectivity index (χ2v) is 11.2. The van der Waals surface area contributed by atoms with Crippen LogP contribution in [0.4, 0.5) is 9.80 Å². The average molecular weight is 547 g/mol. The number of pyridine rings is 1. The van der Waals surface area contributed by atoms with Gasteiger partial charge in [0.05, 0.1) is 34.8 Å². The van der Waals surface area contributed by atoms with Crippen LogP contribution in [0.2, 0.25) is 0 Å². The molecule has 202 valence electrons. The van der Waals surface area contributed by atoms with Crippen molar-refractivity contribution in [2.45, 2.75) is 31.7 Å². The maximum atomic E-state index is 13.2. The predicted molar refractivity (Wildman–Crippen MR) is 149 cm³/mol. The number of benzene rings is 1. The lowest BCUT2D eigenvalue weighted by Gasteiger charge is -2.29. The molecule has 2 fully saturated rings. The minimum absolute atomic E-state index is 0.122. The van der Waals surface area contributed by atoms with Gasteiger partial charge in [0.25, 0.3) is 5.91 Å². The van der Waals surface area contributed by atoms with Gasteiger partial charge in [0.15, 0.2) is 5.78 Å². The number of Topliss-reactive ketones (excluding diaryl/α,β-unsaturated/α-hetero) is 1. The number of hydrogen-bond donors (Lipinski definition) is 2. The third kappa shape index (κ3) is 5.14. The van der Waals surface area contributed by atoms with Gasteiger partial charge in [0.1, 0.15) is 0 Å². The van der Waals surface area contributed by atoms with Crippen molar-refractivity contribution in [1.29, 1.82) is 0 Å². The molecule has 2 aromatic heterocycles. The molecule has 1 aromatic carbocycles. The molecule has 0 radical (unpaired) electrons. The van der Waals surface area contributed by atoms with E-state index in [1.807, 2.05) is 24.3 Å². The van der Waals surface area contributed by atoms with E-state index in [0.717, 1.165) is 63.8 Å². The molecular formula is C29H30N4O5S. The lowest BCUT2D eigenvalue weighted by Crippen LogP contribution is -2.37. The summed E-state index contributed by atoms with van der Waals surface area (Å²) in [5.74, 6) is 0.105. The molecule has 0 unspecified atom stereocenters. The summed E-state index contributed by atoms with van der Waals surface area (Å²) in [4.78, 5) is 46.5. The number of nitrogens with zero attached hydrogens (tertiary/aromatic N) is 3. The number of carbonyl (C=O) groups is 3. The Morgan fingerprint density at radius 1 is 1.08 bits per heavy atom. The maximum Gasteiger partial charge on any atom is 0.404 e. The fourth-order valence-electron chi connectivity index (χ4n) is 5.72. The molecule has 2 N–H and O–H groups in total. The predicted octanol–water partition coefficient (Wildman–Crippen LogP) is 4.31. The molecule has 0 bridgehead atoms. The van der Waals surface area contributed by atoms with Crippen molar-refractivity contribution >= 4 is 34.1 Å². The number of fused-ring (bicyclic) bond motifs is 1. The molecule has 4 heterocycles. The van der Waals surface area contributed by atoms with E-state index in [4.69, 9.17) is 9.84 Å². The second-order valence-electron chi connectivity index (χ2n) is 10.2. The molecule has 3 aliphatic rings. The summed E-state index contributed by atoms with van der Waals surface area (Å²) in [6, 6.07) is 11.2. The highest BCUT2D eigenvalue weighted by molar-refractivity contribution is 7.19. The molecule has 6 rings (SSSR count). The highest BCUT2D eigenvalue weighted by Gasteiger charge is 2.30. The number of carbonyl (C=O) groups excluding carboxylic acids is 2. The van der Waals surface area contributed by atoms with Crippen molar-refractivity contribution in [2.24, 2.45) is 0 Å². The van der Waals surface area contributed by atoms with Crippen LogP contribution in [0.5, 0.6) is 0 Å². The van der Waals surface area contributed by atoms with Crippen molar-refractivity contribution in [3.05, 3.63) is 58.6 Å². The number of nitrogens with one attached hydrogen (secondary N) is 1. The summed E-state index contributed by atoms with van der Waals surface area (Å²) in [7, 11) is 0. The average Bonchev–Trinajstić information content (AvgIpc) is 3.59. The lowest BCUT2D eigenvalue weighted by molar-refractivity contribution is 0.0788. The van der Waals surface area contributed by atoms with Crippen LogP contribution in [0.1, 0.15) is 44.9 Å². The summed E-state index contributed by atoms with van der Waals surface area (Å²) in [6.07, 6.45) is 3.66. The first kappa shape index (κ1) is 25.5. The highest BCUT2D eigenvalue weighted by Crippen LogP contribution is 2.46. The number of morpholine rings is 1. The first-order chi connectivity index (χ1) is 19.0. The molecule has 2 aliphatic heterocycles. The molecule has 10 heteroatoms. The van der Waals surface area contributed by atoms with E-state index in [1.54, 1.807) is 28.5 Å². The topological polar surface area (TPSA) is 112 Å². The first-order valence-electron chi connectivity index (χ1n) is 13.3. The highest BCUT2D eigenvalue weighted by atomic mass is 32.1. The van der Waals surface area contributed by atoms with E-state index in [9.17, 15) is 14.4 Å². The zero-order valence-electron chi connectivity index (χ0n) is 21.5. The summed E-state index contributed by atoms with van der Waals surface area (Å²) in [5.41, 5.74) is 5.40. The first-order valence-corrected chi connectivity index (χ1v) is 14.2. The van der Waals surface area contributed by atoms with E-state index >= 15 is 0 Å². The Balaban J connectivity index is 1.32. The van der Waals surface area contributed by atoms with Crippen LogP contribution in [0.15, 0.2) is 42.6 Å². The van der Waals surface area contributed by atoms with Crippen molar-refractivity contribution in [2.75, 3.05) is 44.3 Å². The number of amides is 2. The third-order valence-electron chi connectivity index (χ3n) is 7.63. The molecule has 9 nitrogen and oxygen atoms in total. The Labute approximate surface area is 230 Å². The molecule has 39 heavy (non-hydrogen) atoms. The van der Waals surface area contributed by atoms with Crippen molar-refractivity contribution in [1.82, 2.24) is 15.2 Å². The van der Waals surface area contributed by atoms with Crippen LogP contribution in [0.25, 0.3) is 22.4 Å². The van der Waals surface area contributed by atoms with E-state index in [0.29, 0.717) is 44.7 Å². The van der Waals surface area contributed by atoms with Crippen LogP contribution in [0.3, 0.4) is 0 Å². The molecule has 3 aromatic rings. The van der Waals surface area contributed by atoms with Gasteiger partial charge in [0, 0.05) is 55.5 Å². The van der Waals surface area contributed by atoms with E-state index < -0.39 is 6.09 Å². The van der Waals surface area contributed by atoms with Crippen LogP contribution in [-0.2, 0) is 11.2 Å². The molecule has 1 aliphatic carbocycles. The smallest absolute Gasteiger partial charge is 0.404 e. The van der Waals surface area contributed by atoms with Crippen LogP contribution >= 0.6 is 11.3 Å². The summed E-state index contributed by atoms with van der Waals surface area (Å²) in [6.45, 7) is 3.79. The molecular weight excluding hydrogens is 516 g/mol. The SMILES string of the molecule is O=C(O)N[C@@H]1CCN(C(=O)c2cccc(-c3cc(-c4c(N5CCOCC5)sc5c4CCCC5=O)ccn3)c2)C1. The lowest BCUT2D eigenvalue weighted by atomic mass is 9.91. The number of ketones is 1. The maximum absolute atomic E-state index is 13.2. The third-order valence-corrected chi connectivity index (χ3v) is 8.96. The molecule has 1 atom stereocenters. The van der Waals surface area contributed by atoms with E-state index in [1.165, 1.54) is 0 Å². The number of carboxylic acid groups (broad SMARTS) is 1. The van der Waals surface area contributed by atoms with Crippen molar-refractivity contribution in [3.63, 3.8) is 0 Å². The van der Waals surface area contributed by atoms with Gasteiger partial charge in [-0.25, -0.2) is 4.79 Å². The number of likely N-dealkylation sites (tertiary alicyclic amines) is 1. The molecule has 0 spiro atoms. The minimum atomic E-state index is -1.07. The summed E-state index contributed by atoms with van der Waals surface area (Å²) >= 11 is 1.61. The Morgan fingerprint density at radius 3 is 2.74 bits per heavy atom. The largest absolute Gasteiger partial charge is 0.465 e. The quantitative estimate of drug-likeness (QED) is 0.490. The van der Waals surface area contributed by atoms with Gasteiger partial charge in [-0.15, -0.1) is 11.3 Å². The standard InChI is InChI=1S/C29H30N4O5S/c34-24-6-2-5-22-25(28(39-26(22)24)32-11-13-38-14-12-32)19-7-9-30-23(16-19)18-3-1-4-20(15-18)27(35)33-10-8-21(17-33)31-29(36)37/h1,3-4,7,9,15-16,21,31H,2,5-6,8,10-14,17H2,(H,36,37)/t21-/m1/s1. The van der Waals surface area contributed by atoms with Gasteiger partial charge in [-0.1, -0.05) is 12.1 Å². The minimum Gasteiger partial charge on any atom is -0.465 e. The number of ether oxygens (including phenoxy) is 1. The monoisotopic (exact) mass is 546 g/mol. The van der Waals surface area contributed by atoms with Gasteiger partial charge >= 0.3 is 6.09 Å². The van der Waals surface area contributed by atoms with Gasteiger partial charge in [0.2, 0.25) is 0 Å². The molecule has 0 saturated carbocycles. The Bertz CT molecular complexity index is 1430. The second kappa shape index (κ2) is 10.8. The van der Waals surface area contributed by atoms with Gasteiger partial charge in [-0.2, -0.15) is 0 Å². The van der Waals surface area contributed by atoms with Gasteiger partial charge in [-0.05, 0) is 54.7 Å². The number of rotatable bonds is 5. The van der Waals surface area contributed by atoms with Crippen LogP contribution in [0, 0.1) is 0 Å². The van der Waals surface area contributed by atoms with E-state index in [2.05, 4.69) is 21.3 Å². The number of hydrogen-bond acceptors (Lipinski definition) is 7. The van der Waals surface area contributed by atoms with Crippen LogP contribution in [-0.4, -0.2) is 78.2 Å². The molecule has 2 amide bonds. The zero-order chi connectivity index (χ0) is 26.9. The fraction of sp³-hybridized carbons (Fsp3) is 0.379.